The van der Waals surface area contributed by atoms with Gasteiger partial charge >= 0.3 is 0 Å². The van der Waals surface area contributed by atoms with E-state index in [0.717, 1.165) is 36.8 Å². The Balaban J connectivity index is 1.71. The molecule has 0 atom stereocenters. The van der Waals surface area contributed by atoms with E-state index in [0.29, 0.717) is 28.8 Å². The number of fused-ring (bicyclic) bond motifs is 1. The van der Waals surface area contributed by atoms with Crippen molar-refractivity contribution in [3.05, 3.63) is 76.2 Å². The van der Waals surface area contributed by atoms with Crippen molar-refractivity contribution in [2.75, 3.05) is 18.0 Å². The van der Waals surface area contributed by atoms with Crippen molar-refractivity contribution >= 4 is 22.4 Å². The van der Waals surface area contributed by atoms with Gasteiger partial charge in [0.05, 0.1) is 24.0 Å². The Kier molecular flexibility index (Phi) is 5.17. The number of benzene rings is 2. The molecular formula is C25H23FN6O. The number of aryl methyl sites for hydroxylation is 1. The molecule has 1 aliphatic heterocycles. The maximum absolute atomic E-state index is 14.5. The van der Waals surface area contributed by atoms with Gasteiger partial charge in [-0.3, -0.25) is 14.0 Å². The lowest BCUT2D eigenvalue weighted by molar-refractivity contribution is 0.436. The number of anilines is 1. The van der Waals surface area contributed by atoms with Crippen LogP contribution in [0, 0.1) is 18.3 Å². The van der Waals surface area contributed by atoms with E-state index in [1.165, 1.54) is 16.7 Å². The van der Waals surface area contributed by atoms with Crippen LogP contribution < -0.4 is 10.5 Å². The Morgan fingerprint density at radius 2 is 1.91 bits per heavy atom. The molecular weight excluding hydrogens is 419 g/mol. The second-order valence-electron chi connectivity index (χ2n) is 8.57. The summed E-state index contributed by atoms with van der Waals surface area (Å²) in [5, 5.41) is 5.16. The second-order valence-corrected chi connectivity index (χ2v) is 8.57. The van der Waals surface area contributed by atoms with E-state index in [1.807, 2.05) is 25.2 Å². The quantitative estimate of drug-likeness (QED) is 0.431. The molecule has 33 heavy (non-hydrogen) atoms. The molecule has 7 nitrogen and oxygen atoms in total. The number of halogens is 1. The first-order valence-corrected chi connectivity index (χ1v) is 10.9. The van der Waals surface area contributed by atoms with Gasteiger partial charge in [0, 0.05) is 37.2 Å². The first kappa shape index (κ1) is 20.9. The summed E-state index contributed by atoms with van der Waals surface area (Å²) in [5.74, 6) is 0.941. The normalized spacial score (nSPS) is 14.5. The van der Waals surface area contributed by atoms with Gasteiger partial charge in [-0.25, -0.2) is 14.2 Å². The van der Waals surface area contributed by atoms with Crippen molar-refractivity contribution in [3.63, 3.8) is 0 Å². The van der Waals surface area contributed by atoms with Gasteiger partial charge in [-0.15, -0.1) is 0 Å². The van der Waals surface area contributed by atoms with Crippen LogP contribution in [0.5, 0.6) is 0 Å². The SMILES string of the molecule is [C-]#[N+]c1ccc(-c2nc(N3CCC(C)CC3)cc(=O)n2-c2ccc3c(cnn3C)c2)cc1F. The Hall–Kier alpha value is -3.99. The van der Waals surface area contributed by atoms with Crippen molar-refractivity contribution in [2.45, 2.75) is 19.8 Å². The maximum Gasteiger partial charge on any atom is 0.260 e. The zero-order valence-electron chi connectivity index (χ0n) is 18.5. The lowest BCUT2D eigenvalue weighted by Gasteiger charge is -2.31. The third-order valence-electron chi connectivity index (χ3n) is 6.33. The monoisotopic (exact) mass is 442 g/mol. The van der Waals surface area contributed by atoms with Gasteiger partial charge < -0.3 is 4.90 Å². The number of hydrogen-bond acceptors (Lipinski definition) is 4. The lowest BCUT2D eigenvalue weighted by atomic mass is 9.99. The van der Waals surface area contributed by atoms with Crippen molar-refractivity contribution in [1.82, 2.24) is 19.3 Å². The molecule has 0 unspecified atom stereocenters. The van der Waals surface area contributed by atoms with Gasteiger partial charge in [-0.05, 0) is 43.0 Å². The van der Waals surface area contributed by atoms with Crippen molar-refractivity contribution in [3.8, 4) is 17.1 Å². The zero-order valence-corrected chi connectivity index (χ0v) is 18.5. The fourth-order valence-corrected chi connectivity index (χ4v) is 4.34. The summed E-state index contributed by atoms with van der Waals surface area (Å²) in [6, 6.07) is 11.5. The highest BCUT2D eigenvalue weighted by Gasteiger charge is 2.21. The van der Waals surface area contributed by atoms with Crippen LogP contribution in [0.15, 0.2) is 53.5 Å². The van der Waals surface area contributed by atoms with Crippen molar-refractivity contribution in [2.24, 2.45) is 13.0 Å². The minimum atomic E-state index is -0.636. The largest absolute Gasteiger partial charge is 0.356 e. The van der Waals surface area contributed by atoms with E-state index < -0.39 is 5.82 Å². The summed E-state index contributed by atoms with van der Waals surface area (Å²) >= 11 is 0. The molecule has 3 heterocycles. The highest BCUT2D eigenvalue weighted by Crippen LogP contribution is 2.29. The molecule has 1 fully saturated rings. The molecule has 5 rings (SSSR count). The first-order valence-electron chi connectivity index (χ1n) is 10.9. The fourth-order valence-electron chi connectivity index (χ4n) is 4.34. The Labute approximate surface area is 190 Å². The molecule has 1 saturated heterocycles. The number of nitrogens with zero attached hydrogens (tertiary/aromatic N) is 6. The second kappa shape index (κ2) is 8.17. The third-order valence-corrected chi connectivity index (χ3v) is 6.33. The van der Waals surface area contributed by atoms with E-state index in [9.17, 15) is 9.18 Å². The Morgan fingerprint density at radius 3 is 2.64 bits per heavy atom. The van der Waals surface area contributed by atoms with Crippen molar-refractivity contribution in [1.29, 1.82) is 0 Å². The van der Waals surface area contributed by atoms with Crippen LogP contribution in [0.3, 0.4) is 0 Å². The van der Waals surface area contributed by atoms with Gasteiger partial charge in [-0.1, -0.05) is 19.1 Å². The van der Waals surface area contributed by atoms with Gasteiger partial charge in [0.1, 0.15) is 17.5 Å². The van der Waals surface area contributed by atoms with E-state index in [2.05, 4.69) is 21.8 Å². The van der Waals surface area contributed by atoms with Crippen LogP contribution in [0.25, 0.3) is 32.8 Å². The van der Waals surface area contributed by atoms with Crippen LogP contribution in [-0.4, -0.2) is 32.4 Å². The minimum Gasteiger partial charge on any atom is -0.356 e. The first-order chi connectivity index (χ1) is 15.9. The molecule has 0 saturated carbocycles. The highest BCUT2D eigenvalue weighted by atomic mass is 19.1. The van der Waals surface area contributed by atoms with Crippen LogP contribution in [0.1, 0.15) is 19.8 Å². The molecule has 4 aromatic rings. The summed E-state index contributed by atoms with van der Waals surface area (Å²) < 4.78 is 17.8. The molecule has 0 amide bonds. The van der Waals surface area contributed by atoms with Gasteiger partial charge in [0.2, 0.25) is 5.69 Å². The molecule has 0 N–H and O–H groups in total. The zero-order chi connectivity index (χ0) is 23.1. The average molecular weight is 442 g/mol. The van der Waals surface area contributed by atoms with Gasteiger partial charge in [0.15, 0.2) is 0 Å². The van der Waals surface area contributed by atoms with E-state index in [-0.39, 0.29) is 11.2 Å². The predicted molar refractivity (Wildman–Crippen MR) is 126 cm³/mol. The standard InChI is InChI=1S/C25H23FN6O/c1-16-8-10-31(11-9-16)23-14-24(33)32(19-5-7-22-18(12-19)15-28-30(22)3)25(29-23)17-4-6-21(27-2)20(26)13-17/h4-7,12-16H,8-11H2,1,3H3. The third kappa shape index (κ3) is 3.76. The number of rotatable bonds is 3. The summed E-state index contributed by atoms with van der Waals surface area (Å²) in [4.78, 5) is 23.6. The van der Waals surface area contributed by atoms with Gasteiger partial charge in [-0.2, -0.15) is 5.10 Å². The summed E-state index contributed by atoms with van der Waals surface area (Å²) in [7, 11) is 1.86. The van der Waals surface area contributed by atoms with Crippen molar-refractivity contribution < 1.29 is 4.39 Å². The number of piperidine rings is 1. The molecule has 0 aliphatic carbocycles. The fraction of sp³-hybridized carbons (Fsp3) is 0.280. The molecule has 2 aromatic heterocycles. The maximum atomic E-state index is 14.5. The Bertz CT molecular complexity index is 1460. The molecule has 8 heteroatoms. The van der Waals surface area contributed by atoms with Crippen LogP contribution in [0.4, 0.5) is 15.9 Å². The van der Waals surface area contributed by atoms with Gasteiger partial charge in [0.25, 0.3) is 5.56 Å². The smallest absolute Gasteiger partial charge is 0.260 e. The van der Waals surface area contributed by atoms with Crippen LogP contribution in [-0.2, 0) is 7.05 Å². The molecule has 1 aliphatic rings. The Morgan fingerprint density at radius 1 is 1.12 bits per heavy atom. The molecule has 0 bridgehead atoms. The van der Waals surface area contributed by atoms with Crippen LogP contribution in [0.2, 0.25) is 0 Å². The molecule has 0 spiro atoms. The van der Waals surface area contributed by atoms with E-state index in [1.54, 1.807) is 23.0 Å². The molecule has 2 aromatic carbocycles. The highest BCUT2D eigenvalue weighted by molar-refractivity contribution is 5.81. The summed E-state index contributed by atoms with van der Waals surface area (Å²) in [6.45, 7) is 11.0. The molecule has 0 radical (unpaired) electrons. The predicted octanol–water partition coefficient (Wildman–Crippen LogP) is 4.71. The number of aromatic nitrogens is 4. The minimum absolute atomic E-state index is 0.0643. The number of hydrogen-bond donors (Lipinski definition) is 0. The summed E-state index contributed by atoms with van der Waals surface area (Å²) in [5.41, 5.74) is 1.69. The lowest BCUT2D eigenvalue weighted by Crippen LogP contribution is -2.35. The summed E-state index contributed by atoms with van der Waals surface area (Å²) in [6.07, 6.45) is 3.81. The van der Waals surface area contributed by atoms with Crippen LogP contribution >= 0.6 is 0 Å². The van der Waals surface area contributed by atoms with E-state index in [4.69, 9.17) is 11.6 Å². The molecule has 166 valence electrons. The van der Waals surface area contributed by atoms with E-state index >= 15 is 0 Å². The topological polar surface area (TPSA) is 60.3 Å². The average Bonchev–Trinajstić information content (AvgIpc) is 3.19.